The SMILES string of the molecule is CCCC12NS(=O)(=O)c3c4c(c5ccccc5c3S(=O)(=O)N1)S(=O)(=O)NC2NS4(=O)=O. The van der Waals surface area contributed by atoms with Gasteiger partial charge in [-0.1, -0.05) is 37.6 Å². The fraction of sp³-hybridized carbons (Fsp3) is 0.333. The first-order chi connectivity index (χ1) is 14.3. The minimum atomic E-state index is -4.81. The fourth-order valence-corrected chi connectivity index (χ4v) is 12.7. The van der Waals surface area contributed by atoms with Crippen molar-refractivity contribution >= 4 is 50.9 Å². The Labute approximate surface area is 178 Å². The molecule has 0 saturated heterocycles. The Kier molecular flexibility index (Phi) is 4.11. The molecule has 2 aromatic rings. The van der Waals surface area contributed by atoms with Gasteiger partial charge in [0.2, 0.25) is 40.1 Å². The van der Waals surface area contributed by atoms with E-state index in [1.165, 1.54) is 24.3 Å². The summed E-state index contributed by atoms with van der Waals surface area (Å²) in [5.74, 6) is 0. The molecule has 0 aliphatic carbocycles. The van der Waals surface area contributed by atoms with Gasteiger partial charge in [-0.05, 0) is 6.42 Å². The molecule has 3 heterocycles. The molecular weight excluding hydrogens is 492 g/mol. The van der Waals surface area contributed by atoms with Crippen molar-refractivity contribution in [2.24, 2.45) is 0 Å². The first-order valence-electron chi connectivity index (χ1n) is 8.97. The standard InChI is InChI=1S/C15H16N4O8S4/c1-2-7-15-14-16-28(20,21)10-8-5-3-4-6-9(8)11(30(24,25)18-15)13(31(26,27)19-15)12(10)29(22,23)17-14/h3-6,14,16-19H,2,7H2,1H3. The second-order valence-electron chi connectivity index (χ2n) is 7.47. The molecule has 0 radical (unpaired) electrons. The van der Waals surface area contributed by atoms with Gasteiger partial charge in [-0.25, -0.2) is 33.7 Å². The molecule has 31 heavy (non-hydrogen) atoms. The van der Waals surface area contributed by atoms with Crippen molar-refractivity contribution in [2.75, 3.05) is 0 Å². The van der Waals surface area contributed by atoms with E-state index < -0.39 is 71.5 Å². The van der Waals surface area contributed by atoms with Crippen molar-refractivity contribution in [2.45, 2.75) is 51.2 Å². The highest BCUT2D eigenvalue weighted by atomic mass is 32.2. The highest BCUT2D eigenvalue weighted by Crippen LogP contribution is 2.46. The summed E-state index contributed by atoms with van der Waals surface area (Å²) in [6, 6.07) is 5.25. The van der Waals surface area contributed by atoms with Crippen LogP contribution in [-0.2, 0) is 40.1 Å². The average Bonchev–Trinajstić information content (AvgIpc) is 2.74. The molecule has 2 aromatic carbocycles. The minimum Gasteiger partial charge on any atom is -0.207 e. The minimum absolute atomic E-state index is 0.180. The van der Waals surface area contributed by atoms with Crippen LogP contribution in [0.3, 0.4) is 0 Å². The number of fused-ring (bicyclic) bond motifs is 8. The summed E-state index contributed by atoms with van der Waals surface area (Å²) in [5.41, 5.74) is -2.23. The quantitative estimate of drug-likeness (QED) is 0.390. The largest absolute Gasteiger partial charge is 0.245 e. The van der Waals surface area contributed by atoms with Crippen LogP contribution in [0.25, 0.3) is 10.8 Å². The third-order valence-corrected chi connectivity index (χ3v) is 12.0. The van der Waals surface area contributed by atoms with E-state index in [1.54, 1.807) is 6.92 Å². The summed E-state index contributed by atoms with van der Waals surface area (Å²) in [5, 5.41) is -0.470. The highest BCUT2D eigenvalue weighted by Gasteiger charge is 2.58. The maximum absolute atomic E-state index is 13.5. The molecule has 12 nitrogen and oxygen atoms in total. The lowest BCUT2D eigenvalue weighted by molar-refractivity contribution is 0.242. The van der Waals surface area contributed by atoms with Crippen LogP contribution in [0.5, 0.6) is 0 Å². The van der Waals surface area contributed by atoms with Crippen molar-refractivity contribution in [3.8, 4) is 0 Å². The molecule has 2 unspecified atom stereocenters. The molecule has 3 aliphatic rings. The van der Waals surface area contributed by atoms with Crippen molar-refractivity contribution in [1.82, 2.24) is 18.9 Å². The molecule has 168 valence electrons. The van der Waals surface area contributed by atoms with Crippen LogP contribution in [-0.4, -0.2) is 45.5 Å². The van der Waals surface area contributed by atoms with Gasteiger partial charge in [-0.15, -0.1) is 0 Å². The van der Waals surface area contributed by atoms with Crippen LogP contribution in [0.1, 0.15) is 19.8 Å². The van der Waals surface area contributed by atoms with Gasteiger partial charge in [0.1, 0.15) is 31.4 Å². The van der Waals surface area contributed by atoms with Gasteiger partial charge >= 0.3 is 0 Å². The Morgan fingerprint density at radius 2 is 1.13 bits per heavy atom. The van der Waals surface area contributed by atoms with Crippen molar-refractivity contribution in [3.63, 3.8) is 0 Å². The molecule has 0 amide bonds. The zero-order chi connectivity index (χ0) is 22.6. The molecule has 4 N–H and O–H groups in total. The van der Waals surface area contributed by atoms with E-state index in [2.05, 4.69) is 18.9 Å². The third kappa shape index (κ3) is 2.70. The van der Waals surface area contributed by atoms with Crippen LogP contribution < -0.4 is 18.9 Å². The van der Waals surface area contributed by atoms with E-state index in [4.69, 9.17) is 0 Å². The molecule has 3 aliphatic heterocycles. The van der Waals surface area contributed by atoms with E-state index >= 15 is 0 Å². The normalized spacial score (nSPS) is 31.1. The van der Waals surface area contributed by atoms with Crippen molar-refractivity contribution in [3.05, 3.63) is 24.3 Å². The zero-order valence-corrected chi connectivity index (χ0v) is 19.0. The third-order valence-electron chi connectivity index (χ3n) is 5.43. The van der Waals surface area contributed by atoms with Gasteiger partial charge in [0, 0.05) is 10.8 Å². The Balaban J connectivity index is 2.23. The average molecular weight is 509 g/mol. The van der Waals surface area contributed by atoms with Gasteiger partial charge in [-0.3, -0.25) is 0 Å². The maximum Gasteiger partial charge on any atom is 0.245 e. The number of hydrogen-bond donors (Lipinski definition) is 4. The first kappa shape index (κ1) is 21.2. The molecular formula is C15H16N4O8S4. The molecule has 0 fully saturated rings. The summed E-state index contributed by atoms with van der Waals surface area (Å²) in [4.78, 5) is -3.87. The molecule has 2 atom stereocenters. The van der Waals surface area contributed by atoms with E-state index in [9.17, 15) is 33.7 Å². The Morgan fingerprint density at radius 3 is 1.65 bits per heavy atom. The summed E-state index contributed by atoms with van der Waals surface area (Å²) in [7, 11) is -18.8. The summed E-state index contributed by atoms with van der Waals surface area (Å²) >= 11 is 0. The zero-order valence-electron chi connectivity index (χ0n) is 15.7. The lowest BCUT2D eigenvalue weighted by Gasteiger charge is -2.39. The highest BCUT2D eigenvalue weighted by molar-refractivity contribution is 7.96. The van der Waals surface area contributed by atoms with Gasteiger partial charge in [0.15, 0.2) is 0 Å². The topological polar surface area (TPSA) is 185 Å². The Bertz CT molecular complexity index is 1610. The second kappa shape index (κ2) is 6.02. The van der Waals surface area contributed by atoms with Crippen molar-refractivity contribution in [1.29, 1.82) is 0 Å². The predicted molar refractivity (Wildman–Crippen MR) is 107 cm³/mol. The number of rotatable bonds is 2. The number of benzene rings is 2. The summed E-state index contributed by atoms with van der Waals surface area (Å²) < 4.78 is 116. The van der Waals surface area contributed by atoms with Crippen LogP contribution in [0.15, 0.2) is 43.8 Å². The Morgan fingerprint density at radius 1 is 0.710 bits per heavy atom. The van der Waals surface area contributed by atoms with Crippen LogP contribution in [0.4, 0.5) is 0 Å². The van der Waals surface area contributed by atoms with Gasteiger partial charge in [0.05, 0.1) is 0 Å². The van der Waals surface area contributed by atoms with E-state index in [0.29, 0.717) is 0 Å². The van der Waals surface area contributed by atoms with Crippen LogP contribution >= 0.6 is 0 Å². The number of sulfonamides is 4. The van der Waals surface area contributed by atoms with Gasteiger partial charge in [0.25, 0.3) is 0 Å². The summed E-state index contributed by atoms with van der Waals surface area (Å²) in [6.07, 6.45) is -1.95. The van der Waals surface area contributed by atoms with Gasteiger partial charge in [-0.2, -0.15) is 18.9 Å². The predicted octanol–water partition coefficient (Wildman–Crippen LogP) is -1.18. The smallest absolute Gasteiger partial charge is 0.207 e. The lowest BCUT2D eigenvalue weighted by Crippen LogP contribution is -2.74. The fourth-order valence-electron chi connectivity index (χ4n) is 4.37. The first-order valence-corrected chi connectivity index (χ1v) is 14.9. The maximum atomic E-state index is 13.5. The van der Waals surface area contributed by atoms with Crippen molar-refractivity contribution < 1.29 is 33.7 Å². The number of nitrogens with one attached hydrogen (secondary N) is 4. The van der Waals surface area contributed by atoms with Crippen LogP contribution in [0, 0.1) is 0 Å². The second-order valence-corrected chi connectivity index (χ2v) is 14.0. The molecule has 0 spiro atoms. The van der Waals surface area contributed by atoms with Gasteiger partial charge < -0.3 is 0 Å². The van der Waals surface area contributed by atoms with Crippen LogP contribution in [0.2, 0.25) is 0 Å². The molecule has 0 saturated carbocycles. The molecule has 0 aromatic heterocycles. The van der Waals surface area contributed by atoms with E-state index in [-0.39, 0.29) is 23.6 Å². The molecule has 16 heteroatoms. The number of hydrogen-bond acceptors (Lipinski definition) is 8. The Hall–Kier alpha value is -1.66. The van der Waals surface area contributed by atoms with E-state index in [1.807, 2.05) is 0 Å². The summed E-state index contributed by atoms with van der Waals surface area (Å²) in [6.45, 7) is 1.60. The molecule has 5 rings (SSSR count). The van der Waals surface area contributed by atoms with E-state index in [0.717, 1.165) is 0 Å². The monoisotopic (exact) mass is 508 g/mol. The lowest BCUT2D eigenvalue weighted by atomic mass is 10.0. The molecule has 4 bridgehead atoms.